The average molecular weight is 1130 g/mol. The summed E-state index contributed by atoms with van der Waals surface area (Å²) >= 11 is 0. The number of rotatable bonds is 35. The van der Waals surface area contributed by atoms with Crippen molar-refractivity contribution in [1.82, 2.24) is 47.9 Å². The van der Waals surface area contributed by atoms with Crippen molar-refractivity contribution in [2.45, 2.75) is 140 Å². The molecule has 80 heavy (non-hydrogen) atoms. The highest BCUT2D eigenvalue weighted by molar-refractivity contribution is 5.99. The highest BCUT2D eigenvalue weighted by atomic mass is 16.3. The van der Waals surface area contributed by atoms with Crippen LogP contribution in [0, 0.1) is 11.8 Å². The zero-order valence-electron chi connectivity index (χ0n) is 45.4. The topological polar surface area (TPSA) is 504 Å². The summed E-state index contributed by atoms with van der Waals surface area (Å²) in [6.45, 7) is 6.31. The lowest BCUT2D eigenvalue weighted by Crippen LogP contribution is -2.61. The number of hydrogen-bond acceptors (Lipinski definition) is 17. The third-order valence-electron chi connectivity index (χ3n) is 12.0. The van der Waals surface area contributed by atoms with Crippen LogP contribution in [0.5, 0.6) is 11.5 Å². The normalized spacial score (nSPS) is 14.4. The van der Waals surface area contributed by atoms with Crippen LogP contribution in [-0.4, -0.2) is 160 Å². The third-order valence-corrected chi connectivity index (χ3v) is 12.0. The fraction of sp³-hybridized carbons (Fsp3) is 0.529. The first-order valence-corrected chi connectivity index (χ1v) is 25.7. The van der Waals surface area contributed by atoms with E-state index in [1.165, 1.54) is 62.4 Å². The zero-order chi connectivity index (χ0) is 60.4. The summed E-state index contributed by atoms with van der Waals surface area (Å²) in [5.74, 6) is -12.7. The molecule has 0 spiro atoms. The Kier molecular flexibility index (Phi) is 28.6. The first-order chi connectivity index (χ1) is 37.5. The summed E-state index contributed by atoms with van der Waals surface area (Å²) in [6, 6.07) is -0.0449. The second kappa shape index (κ2) is 33.8. The van der Waals surface area contributed by atoms with Crippen LogP contribution in [0.25, 0.3) is 0 Å². The molecule has 0 saturated heterocycles. The number of aliphatic hydroxyl groups is 1. The van der Waals surface area contributed by atoms with Crippen molar-refractivity contribution < 1.29 is 72.9 Å². The molecule has 8 unspecified atom stereocenters. The third kappa shape index (κ3) is 24.9. The van der Waals surface area contributed by atoms with Crippen LogP contribution in [0.15, 0.2) is 48.5 Å². The van der Waals surface area contributed by atoms with Gasteiger partial charge in [0.15, 0.2) is 0 Å². The quantitative estimate of drug-likeness (QED) is 0.0286. The maximum atomic E-state index is 14.0. The van der Waals surface area contributed by atoms with Gasteiger partial charge in [-0.1, -0.05) is 58.4 Å². The van der Waals surface area contributed by atoms with Crippen LogP contribution in [0.1, 0.15) is 84.3 Å². The molecular formula is C51H78N14O15. The van der Waals surface area contributed by atoms with Crippen molar-refractivity contribution in [3.05, 3.63) is 59.7 Å². The van der Waals surface area contributed by atoms with Gasteiger partial charge in [0.2, 0.25) is 70.9 Å². The summed E-state index contributed by atoms with van der Waals surface area (Å²) in [7, 11) is 0. The first kappa shape index (κ1) is 67.7. The van der Waals surface area contributed by atoms with E-state index < -0.39 is 157 Å². The van der Waals surface area contributed by atoms with E-state index in [0.29, 0.717) is 30.5 Å². The van der Waals surface area contributed by atoms with Gasteiger partial charge < -0.3 is 91.8 Å². The summed E-state index contributed by atoms with van der Waals surface area (Å²) in [5, 5.41) is 51.7. The number of aliphatic hydroxyl groups excluding tert-OH is 1. The molecule has 0 heterocycles. The standard InChI is InChI=1S/C51H78N14O15/c1-25(2)18-34(48(77)60-33(44(56)73)21-38(54)69)63-51(80)43(27(5)66)65-50(79)42(26(3)4)64-41(72)24-58-47(76)37(22-39(55)70)59-40(71)23-57-46(75)35(19-28-9-13-30(67)14-10-28)62-49(78)36(20-29-11-15-31(68)16-12-29)61-45(74)32(53)8-6-7-17-52/h9-16,25-27,32-37,42-43,66-68H,6-8,17-24,52-53H2,1-5H3,(H2,54,69)(H2,55,70)(H2,56,73)(H,57,75)(H,58,76)(H,59,71)(H,60,77)(H,61,74)(H,62,78)(H,63,80)(H,64,72)(H,65,79)/t27-,32?,33?,34?,35?,36?,37?,42?,43?/m1/s1. The molecule has 0 bridgehead atoms. The number of carbonyl (C=O) groups is 12. The molecule has 9 atom stereocenters. The minimum absolute atomic E-state index is 0.00904. The molecule has 0 radical (unpaired) electrons. The number of benzene rings is 2. The van der Waals surface area contributed by atoms with Gasteiger partial charge in [-0.2, -0.15) is 0 Å². The van der Waals surface area contributed by atoms with E-state index in [1.807, 2.05) is 0 Å². The molecule has 0 aliphatic heterocycles. The summed E-state index contributed by atoms with van der Waals surface area (Å²) in [5.41, 5.74) is 28.5. The maximum Gasteiger partial charge on any atom is 0.245 e. The highest BCUT2D eigenvalue weighted by Gasteiger charge is 2.35. The number of amides is 12. The van der Waals surface area contributed by atoms with Gasteiger partial charge >= 0.3 is 0 Å². The minimum Gasteiger partial charge on any atom is -0.508 e. The summed E-state index contributed by atoms with van der Waals surface area (Å²) in [6.07, 6.45) is -1.93. The fourth-order valence-corrected chi connectivity index (χ4v) is 7.65. The number of nitrogens with one attached hydrogen (secondary N) is 9. The first-order valence-electron chi connectivity index (χ1n) is 25.7. The Hall–Kier alpha value is -8.44. The van der Waals surface area contributed by atoms with Crippen molar-refractivity contribution in [1.29, 1.82) is 0 Å². The molecule has 2 aromatic rings. The second-order valence-corrected chi connectivity index (χ2v) is 19.8. The van der Waals surface area contributed by atoms with Crippen molar-refractivity contribution in [2.24, 2.45) is 40.5 Å². The van der Waals surface area contributed by atoms with Crippen molar-refractivity contribution in [3.8, 4) is 11.5 Å². The molecule has 0 aromatic heterocycles. The lowest BCUT2D eigenvalue weighted by molar-refractivity contribution is -0.137. The van der Waals surface area contributed by atoms with Crippen LogP contribution in [0.4, 0.5) is 0 Å². The Morgan fingerprint density at radius 2 is 0.912 bits per heavy atom. The Morgan fingerprint density at radius 3 is 1.38 bits per heavy atom. The summed E-state index contributed by atoms with van der Waals surface area (Å²) in [4.78, 5) is 156. The van der Waals surface area contributed by atoms with Gasteiger partial charge in [0.05, 0.1) is 38.1 Å². The lowest BCUT2D eigenvalue weighted by atomic mass is 10.0. The van der Waals surface area contributed by atoms with Crippen molar-refractivity contribution >= 4 is 70.9 Å². The van der Waals surface area contributed by atoms with Crippen LogP contribution >= 0.6 is 0 Å². The number of phenols is 2. The number of nitrogens with two attached hydrogens (primary N) is 5. The van der Waals surface area contributed by atoms with E-state index in [9.17, 15) is 72.9 Å². The van der Waals surface area contributed by atoms with Gasteiger partial charge in [-0.05, 0) is 80.0 Å². The van der Waals surface area contributed by atoms with E-state index in [-0.39, 0.29) is 43.1 Å². The molecule has 29 heteroatoms. The number of unbranched alkanes of at least 4 members (excludes halogenated alkanes) is 1. The Morgan fingerprint density at radius 1 is 0.487 bits per heavy atom. The van der Waals surface area contributed by atoms with E-state index in [1.54, 1.807) is 13.8 Å². The number of primary amides is 3. The molecule has 442 valence electrons. The number of hydrogen-bond donors (Lipinski definition) is 17. The monoisotopic (exact) mass is 1130 g/mol. The maximum absolute atomic E-state index is 14.0. The van der Waals surface area contributed by atoms with E-state index in [0.717, 1.165) is 6.92 Å². The van der Waals surface area contributed by atoms with Crippen LogP contribution in [0.3, 0.4) is 0 Å². The van der Waals surface area contributed by atoms with Crippen LogP contribution < -0.4 is 76.5 Å². The second-order valence-electron chi connectivity index (χ2n) is 19.8. The Balaban J connectivity index is 2.21. The molecule has 2 aromatic carbocycles. The predicted molar refractivity (Wildman–Crippen MR) is 287 cm³/mol. The molecule has 0 aliphatic rings. The lowest BCUT2D eigenvalue weighted by Gasteiger charge is -2.28. The number of phenolic OH excluding ortho intramolecular Hbond substituents is 2. The largest absolute Gasteiger partial charge is 0.508 e. The van der Waals surface area contributed by atoms with E-state index >= 15 is 0 Å². The molecule has 0 saturated carbocycles. The van der Waals surface area contributed by atoms with Crippen LogP contribution in [0.2, 0.25) is 0 Å². The van der Waals surface area contributed by atoms with Gasteiger partial charge in [0.25, 0.3) is 0 Å². The fourth-order valence-electron chi connectivity index (χ4n) is 7.65. The molecule has 2 rings (SSSR count). The van der Waals surface area contributed by atoms with Gasteiger partial charge in [-0.25, -0.2) is 0 Å². The Labute approximate surface area is 462 Å². The molecule has 0 fully saturated rings. The highest BCUT2D eigenvalue weighted by Crippen LogP contribution is 2.15. The molecule has 12 amide bonds. The van der Waals surface area contributed by atoms with Crippen molar-refractivity contribution in [2.75, 3.05) is 19.6 Å². The molecule has 29 nitrogen and oxygen atoms in total. The van der Waals surface area contributed by atoms with Gasteiger partial charge in [0.1, 0.15) is 53.8 Å². The molecule has 0 aliphatic carbocycles. The SMILES string of the molecule is CC(C)CC(NC(=O)C(NC(=O)C(NC(=O)CNC(=O)C(CC(N)=O)NC(=O)CNC(=O)C(Cc1ccc(O)cc1)NC(=O)C(Cc1ccc(O)cc1)NC(=O)C(N)CCCCN)C(C)C)[C@@H](C)O)C(=O)NC(CC(N)=O)C(N)=O. The molecular weight excluding hydrogens is 1050 g/mol. The predicted octanol–water partition coefficient (Wildman–Crippen LogP) is -5.72. The zero-order valence-corrected chi connectivity index (χ0v) is 45.4. The van der Waals surface area contributed by atoms with E-state index in [4.69, 9.17) is 28.7 Å². The van der Waals surface area contributed by atoms with Gasteiger partial charge in [0, 0.05) is 12.8 Å². The number of carbonyl (C=O) groups excluding carboxylic acids is 12. The smallest absolute Gasteiger partial charge is 0.245 e. The van der Waals surface area contributed by atoms with E-state index in [2.05, 4.69) is 47.9 Å². The van der Waals surface area contributed by atoms with Crippen molar-refractivity contribution in [3.63, 3.8) is 0 Å². The summed E-state index contributed by atoms with van der Waals surface area (Å²) < 4.78 is 0. The average Bonchev–Trinajstić information content (AvgIpc) is 3.37. The number of aromatic hydroxyl groups is 2. The van der Waals surface area contributed by atoms with Gasteiger partial charge in [-0.3, -0.25) is 57.5 Å². The Bertz CT molecular complexity index is 2480. The van der Waals surface area contributed by atoms with Gasteiger partial charge in [-0.15, -0.1) is 0 Å². The molecule has 22 N–H and O–H groups in total. The van der Waals surface area contributed by atoms with Crippen LogP contribution in [-0.2, 0) is 70.4 Å². The minimum atomic E-state index is -1.72.